The maximum absolute atomic E-state index is 13.2. The first kappa shape index (κ1) is 109. The van der Waals surface area contributed by atoms with Crippen LogP contribution in [0.5, 0.6) is 0 Å². The van der Waals surface area contributed by atoms with Crippen molar-refractivity contribution in [2.75, 3.05) is 39.6 Å². The van der Waals surface area contributed by atoms with Gasteiger partial charge >= 0.3 is 39.5 Å². The number of unbranched alkanes of at least 4 members (excludes halogenated alkanes) is 54. The van der Waals surface area contributed by atoms with E-state index in [9.17, 15) is 43.2 Å². The molecule has 19 heteroatoms. The molecule has 0 heterocycles. The van der Waals surface area contributed by atoms with Crippen LogP contribution < -0.4 is 0 Å². The Morgan fingerprint density at radius 2 is 0.432 bits per heavy atom. The van der Waals surface area contributed by atoms with E-state index in [0.29, 0.717) is 31.6 Å². The third-order valence-corrected chi connectivity index (χ3v) is 23.8. The Kier molecular flexibility index (Phi) is 79.1. The molecule has 0 aromatic carbocycles. The summed E-state index contributed by atoms with van der Waals surface area (Å²) in [5, 5.41) is 10.7. The topological polar surface area (TPSA) is 237 Å². The Morgan fingerprint density at radius 1 is 0.252 bits per heavy atom. The summed E-state index contributed by atoms with van der Waals surface area (Å²) < 4.78 is 69.1. The van der Waals surface area contributed by atoms with Gasteiger partial charge in [-0.2, -0.15) is 0 Å². The first-order chi connectivity index (χ1) is 53.6. The van der Waals surface area contributed by atoms with Crippen LogP contribution in [0.4, 0.5) is 0 Å². The molecule has 0 aliphatic heterocycles. The molecule has 0 saturated carbocycles. The quantitative estimate of drug-likeness (QED) is 0.0222. The molecule has 111 heavy (non-hydrogen) atoms. The SMILES string of the molecule is CCC(C)CCCCCCCCCCCCCCCCCCCCC(=O)O[C@H](COC(=O)CCCCCCCCCC(C)C)COP(=O)(O)OCC(O)COP(=O)(O)OC[C@@H](COC(=O)CCCCCCCCCCCCCCCCCCCCC(C)C)OC(=O)CCCCCCCCCCCCCCCCCC(C)C. The van der Waals surface area contributed by atoms with Crippen LogP contribution in [0.2, 0.25) is 0 Å². The lowest BCUT2D eigenvalue weighted by Gasteiger charge is -2.21. The van der Waals surface area contributed by atoms with Gasteiger partial charge in [0.15, 0.2) is 12.2 Å². The molecule has 0 fully saturated rings. The van der Waals surface area contributed by atoms with E-state index in [1.165, 1.54) is 283 Å². The average Bonchev–Trinajstić information content (AvgIpc) is 0.939. The fourth-order valence-corrected chi connectivity index (χ4v) is 15.9. The number of phosphoric acid groups is 2. The number of hydrogen-bond donors (Lipinski definition) is 3. The zero-order chi connectivity index (χ0) is 81.6. The summed E-state index contributed by atoms with van der Waals surface area (Å²) >= 11 is 0. The summed E-state index contributed by atoms with van der Waals surface area (Å²) in [6, 6.07) is 0. The lowest BCUT2D eigenvalue weighted by molar-refractivity contribution is -0.161. The molecular weight excluding hydrogens is 1440 g/mol. The minimum Gasteiger partial charge on any atom is -0.462 e. The monoisotopic (exact) mass is 1620 g/mol. The van der Waals surface area contributed by atoms with Crippen molar-refractivity contribution in [2.45, 2.75) is 504 Å². The number of hydrogen-bond acceptors (Lipinski definition) is 15. The van der Waals surface area contributed by atoms with E-state index in [0.717, 1.165) is 114 Å². The molecule has 0 bridgehead atoms. The minimum atomic E-state index is -4.97. The van der Waals surface area contributed by atoms with Gasteiger partial charge in [0.25, 0.3) is 0 Å². The van der Waals surface area contributed by atoms with Crippen molar-refractivity contribution < 1.29 is 80.2 Å². The normalized spacial score (nSPS) is 14.1. The fourth-order valence-electron chi connectivity index (χ4n) is 14.3. The van der Waals surface area contributed by atoms with Crippen molar-refractivity contribution in [1.29, 1.82) is 0 Å². The summed E-state index contributed by atoms with van der Waals surface area (Å²) in [6.07, 6.45) is 72.4. The number of phosphoric ester groups is 2. The van der Waals surface area contributed by atoms with Gasteiger partial charge in [-0.25, -0.2) is 9.13 Å². The number of carbonyl (C=O) groups excluding carboxylic acids is 4. The Bertz CT molecular complexity index is 2150. The zero-order valence-corrected chi connectivity index (χ0v) is 75.4. The molecule has 6 atom stereocenters. The summed E-state index contributed by atoms with van der Waals surface area (Å²) in [5.41, 5.74) is 0. The number of ether oxygens (including phenoxy) is 4. The predicted molar refractivity (Wildman–Crippen MR) is 460 cm³/mol. The van der Waals surface area contributed by atoms with Crippen LogP contribution in [0.1, 0.15) is 486 Å². The lowest BCUT2D eigenvalue weighted by atomic mass is 9.99. The molecule has 0 rings (SSSR count). The van der Waals surface area contributed by atoms with Crippen LogP contribution in [-0.4, -0.2) is 96.7 Å². The number of esters is 4. The van der Waals surface area contributed by atoms with Gasteiger partial charge in [-0.15, -0.1) is 0 Å². The maximum atomic E-state index is 13.2. The Labute approximate surface area is 683 Å². The van der Waals surface area contributed by atoms with Crippen LogP contribution >= 0.6 is 15.6 Å². The maximum Gasteiger partial charge on any atom is 0.472 e. The summed E-state index contributed by atoms with van der Waals surface area (Å²) in [4.78, 5) is 73.4. The molecule has 0 radical (unpaired) electrons. The molecule has 0 aliphatic rings. The second kappa shape index (κ2) is 80.5. The summed E-state index contributed by atoms with van der Waals surface area (Å²) in [6.45, 7) is 14.4. The van der Waals surface area contributed by atoms with Gasteiger partial charge in [0.1, 0.15) is 19.3 Å². The molecular formula is C92H180O17P2. The molecule has 0 aromatic heterocycles. The molecule has 0 aromatic rings. The lowest BCUT2D eigenvalue weighted by Crippen LogP contribution is -2.30. The highest BCUT2D eigenvalue weighted by atomic mass is 31.2. The van der Waals surface area contributed by atoms with Gasteiger partial charge < -0.3 is 33.8 Å². The van der Waals surface area contributed by atoms with Crippen LogP contribution in [-0.2, 0) is 65.4 Å². The van der Waals surface area contributed by atoms with Crippen molar-refractivity contribution >= 4 is 39.5 Å². The van der Waals surface area contributed by atoms with E-state index >= 15 is 0 Å². The smallest absolute Gasteiger partial charge is 0.462 e. The molecule has 0 amide bonds. The van der Waals surface area contributed by atoms with E-state index in [1.54, 1.807) is 0 Å². The minimum absolute atomic E-state index is 0.108. The number of aliphatic hydroxyl groups is 1. The molecule has 17 nitrogen and oxygen atoms in total. The second-order valence-corrected chi connectivity index (χ2v) is 37.6. The molecule has 0 saturated heterocycles. The van der Waals surface area contributed by atoms with Gasteiger partial charge in [-0.3, -0.25) is 37.3 Å². The fraction of sp³-hybridized carbons (Fsp3) is 0.957. The molecule has 660 valence electrons. The van der Waals surface area contributed by atoms with Crippen molar-refractivity contribution in [1.82, 2.24) is 0 Å². The summed E-state index contributed by atoms with van der Waals surface area (Å²) in [5.74, 6) is 1.10. The highest BCUT2D eigenvalue weighted by Gasteiger charge is 2.31. The molecule has 3 N–H and O–H groups in total. The first-order valence-electron chi connectivity index (χ1n) is 47.2. The van der Waals surface area contributed by atoms with Crippen LogP contribution in [0.3, 0.4) is 0 Å². The van der Waals surface area contributed by atoms with Gasteiger partial charge in [0.2, 0.25) is 0 Å². The van der Waals surface area contributed by atoms with E-state index < -0.39 is 97.5 Å². The van der Waals surface area contributed by atoms with E-state index in [1.807, 2.05) is 0 Å². The van der Waals surface area contributed by atoms with Crippen molar-refractivity contribution in [3.63, 3.8) is 0 Å². The van der Waals surface area contributed by atoms with Gasteiger partial charge in [-0.1, -0.05) is 434 Å². The number of rotatable bonds is 89. The first-order valence-corrected chi connectivity index (χ1v) is 50.2. The van der Waals surface area contributed by atoms with Gasteiger partial charge in [0.05, 0.1) is 26.4 Å². The van der Waals surface area contributed by atoms with Gasteiger partial charge in [0, 0.05) is 25.7 Å². The van der Waals surface area contributed by atoms with Crippen molar-refractivity contribution in [3.05, 3.63) is 0 Å². The zero-order valence-electron chi connectivity index (χ0n) is 73.6. The molecule has 0 aliphatic carbocycles. The Morgan fingerprint density at radius 3 is 0.640 bits per heavy atom. The average molecular weight is 1620 g/mol. The largest absolute Gasteiger partial charge is 0.472 e. The molecule has 0 spiro atoms. The molecule has 4 unspecified atom stereocenters. The number of carbonyl (C=O) groups is 4. The third kappa shape index (κ3) is 84.3. The van der Waals surface area contributed by atoms with E-state index in [2.05, 4.69) is 55.4 Å². The second-order valence-electron chi connectivity index (χ2n) is 34.7. The highest BCUT2D eigenvalue weighted by molar-refractivity contribution is 7.47. The highest BCUT2D eigenvalue weighted by Crippen LogP contribution is 2.45. The standard InChI is InChI=1S/C92H180O17P2/c1-9-85(8)71-63-55-47-39-33-27-21-15-11-13-17-23-29-35-41-49-58-66-75-92(97)109-88(79-103-90(95)73-65-57-51-43-46-54-62-70-84(6)7)81-107-111(100,101)105-77-86(93)76-104-110(98,99)106-80-87(108-91(96)74-67-59-50-42-36-30-24-18-20-26-32-38-45-53-61-69-83(4)5)78-102-89(94)72-64-56-48-40-34-28-22-16-12-10-14-19-25-31-37-44-52-60-68-82(2)3/h82-88,93H,9-81H2,1-8H3,(H,98,99)(H,100,101)/t85?,86?,87-,88-/m1/s1. The van der Waals surface area contributed by atoms with Crippen LogP contribution in [0.25, 0.3) is 0 Å². The van der Waals surface area contributed by atoms with Gasteiger partial charge in [-0.05, 0) is 49.4 Å². The van der Waals surface area contributed by atoms with Crippen LogP contribution in [0.15, 0.2) is 0 Å². The van der Waals surface area contributed by atoms with E-state index in [-0.39, 0.29) is 25.7 Å². The Hall–Kier alpha value is -1.94. The number of aliphatic hydroxyl groups excluding tert-OH is 1. The van der Waals surface area contributed by atoms with Crippen LogP contribution in [0, 0.1) is 23.7 Å². The van der Waals surface area contributed by atoms with Crippen molar-refractivity contribution in [2.24, 2.45) is 23.7 Å². The van der Waals surface area contributed by atoms with Crippen molar-refractivity contribution in [3.8, 4) is 0 Å². The Balaban J connectivity index is 5.20. The predicted octanol–water partition coefficient (Wildman–Crippen LogP) is 28.3. The van der Waals surface area contributed by atoms with E-state index in [4.69, 9.17) is 37.0 Å². The summed E-state index contributed by atoms with van der Waals surface area (Å²) in [7, 11) is -9.94. The third-order valence-electron chi connectivity index (χ3n) is 21.9.